The average molecular weight is 665 g/mol. The zero-order valence-corrected chi connectivity index (χ0v) is 31.4. The third kappa shape index (κ3) is 18.4. The van der Waals surface area contributed by atoms with E-state index in [1.807, 2.05) is 13.8 Å². The maximum atomic E-state index is 12.5. The lowest BCUT2D eigenvalue weighted by molar-refractivity contribution is -0.214. The fourth-order valence-corrected chi connectivity index (χ4v) is 8.13. The van der Waals surface area contributed by atoms with E-state index in [1.165, 1.54) is 116 Å². The van der Waals surface area contributed by atoms with Crippen LogP contribution in [0.3, 0.4) is 0 Å². The van der Waals surface area contributed by atoms with Crippen molar-refractivity contribution in [3.05, 3.63) is 0 Å². The molecule has 0 saturated heterocycles. The molecule has 6 heteroatoms. The number of aliphatic hydroxyl groups is 2. The van der Waals surface area contributed by atoms with Crippen LogP contribution < -0.4 is 0 Å². The molecule has 0 aromatic rings. The van der Waals surface area contributed by atoms with Gasteiger partial charge in [0, 0.05) is 38.5 Å². The lowest BCUT2D eigenvalue weighted by atomic mass is 9.72. The predicted molar refractivity (Wildman–Crippen MR) is 193 cm³/mol. The van der Waals surface area contributed by atoms with Crippen LogP contribution >= 0.6 is 0 Å². The second-order valence-electron chi connectivity index (χ2n) is 16.4. The molecule has 6 nitrogen and oxygen atoms in total. The Morgan fingerprint density at radius 2 is 0.830 bits per heavy atom. The number of carbonyl (C=O) groups excluding carboxylic acids is 2. The van der Waals surface area contributed by atoms with Gasteiger partial charge in [0.1, 0.15) is 0 Å². The van der Waals surface area contributed by atoms with Gasteiger partial charge < -0.3 is 19.7 Å². The van der Waals surface area contributed by atoms with Crippen LogP contribution in [0.25, 0.3) is 0 Å². The molecule has 0 radical (unpaired) electrons. The Hall–Kier alpha value is -1.14. The number of carbonyl (C=O) groups is 2. The highest BCUT2D eigenvalue weighted by atomic mass is 16.7. The molecule has 0 bridgehead atoms. The van der Waals surface area contributed by atoms with E-state index >= 15 is 0 Å². The highest BCUT2D eigenvalue weighted by Gasteiger charge is 2.31. The molecule has 2 N–H and O–H groups in total. The topological polar surface area (TPSA) is 93.1 Å². The molecule has 2 aliphatic rings. The van der Waals surface area contributed by atoms with Crippen molar-refractivity contribution in [3.8, 4) is 0 Å². The molecule has 0 aliphatic heterocycles. The first kappa shape index (κ1) is 42.0. The van der Waals surface area contributed by atoms with E-state index in [0.717, 1.165) is 38.5 Å². The number of hydrogen-bond acceptors (Lipinski definition) is 6. The van der Waals surface area contributed by atoms with Gasteiger partial charge in [0.15, 0.2) is 0 Å². The second kappa shape index (κ2) is 22.6. The van der Waals surface area contributed by atoms with Gasteiger partial charge >= 0.3 is 11.9 Å². The van der Waals surface area contributed by atoms with Crippen LogP contribution in [0, 0.1) is 10.8 Å². The van der Waals surface area contributed by atoms with Crippen molar-refractivity contribution in [1.29, 1.82) is 0 Å². The normalized spacial score (nSPS) is 20.2. The van der Waals surface area contributed by atoms with Crippen molar-refractivity contribution >= 4 is 11.9 Å². The molecule has 0 aromatic carbocycles. The zero-order valence-electron chi connectivity index (χ0n) is 31.4. The van der Waals surface area contributed by atoms with Gasteiger partial charge in [0.25, 0.3) is 0 Å². The first-order valence-electron chi connectivity index (χ1n) is 20.3. The Kier molecular flexibility index (Phi) is 20.2. The summed E-state index contributed by atoms with van der Waals surface area (Å²) < 4.78 is 10.9. The molecule has 2 aliphatic carbocycles. The van der Waals surface area contributed by atoms with Crippen molar-refractivity contribution in [3.63, 3.8) is 0 Å². The summed E-state index contributed by atoms with van der Waals surface area (Å²) in [6.45, 7) is 8.61. The average Bonchev–Trinajstić information content (AvgIpc) is 3.04. The Balaban J connectivity index is 1.50. The molecule has 2 fully saturated rings. The quantitative estimate of drug-likeness (QED) is 0.0543. The van der Waals surface area contributed by atoms with E-state index in [4.69, 9.17) is 9.47 Å². The van der Waals surface area contributed by atoms with Crippen molar-refractivity contribution in [2.75, 3.05) is 0 Å². The highest BCUT2D eigenvalue weighted by Crippen LogP contribution is 2.41. The van der Waals surface area contributed by atoms with Gasteiger partial charge in [-0.25, -0.2) is 0 Å². The Labute approximate surface area is 289 Å². The summed E-state index contributed by atoms with van der Waals surface area (Å²) in [6.07, 6.45) is 32.3. The van der Waals surface area contributed by atoms with Crippen molar-refractivity contribution in [2.24, 2.45) is 10.8 Å². The molecule has 0 spiro atoms. The van der Waals surface area contributed by atoms with Crippen LogP contribution in [-0.4, -0.2) is 33.7 Å². The van der Waals surface area contributed by atoms with E-state index in [2.05, 4.69) is 13.8 Å². The Morgan fingerprint density at radius 3 is 1.17 bits per heavy atom. The third-order valence-corrected chi connectivity index (χ3v) is 11.8. The van der Waals surface area contributed by atoms with Crippen molar-refractivity contribution in [1.82, 2.24) is 0 Å². The number of hydrogen-bond donors (Lipinski definition) is 2. The number of ether oxygens (including phenoxy) is 2. The van der Waals surface area contributed by atoms with Crippen LogP contribution in [0.2, 0.25) is 0 Å². The van der Waals surface area contributed by atoms with Gasteiger partial charge in [-0.15, -0.1) is 0 Å². The van der Waals surface area contributed by atoms with Gasteiger partial charge in [-0.3, -0.25) is 9.59 Å². The molecule has 47 heavy (non-hydrogen) atoms. The summed E-state index contributed by atoms with van der Waals surface area (Å²) in [6, 6.07) is 0. The predicted octanol–water partition coefficient (Wildman–Crippen LogP) is 11.6. The van der Waals surface area contributed by atoms with Gasteiger partial charge in [-0.05, 0) is 68.6 Å². The zero-order chi connectivity index (χ0) is 34.5. The fourth-order valence-electron chi connectivity index (χ4n) is 8.13. The van der Waals surface area contributed by atoms with Crippen LogP contribution in [-0.2, 0) is 19.1 Å². The van der Waals surface area contributed by atoms with Crippen LogP contribution in [0.5, 0.6) is 0 Å². The monoisotopic (exact) mass is 665 g/mol. The lowest BCUT2D eigenvalue weighted by Crippen LogP contribution is -2.35. The largest absolute Gasteiger partial charge is 0.433 e. The Morgan fingerprint density at radius 1 is 0.511 bits per heavy atom. The Bertz CT molecular complexity index is 777. The SMILES string of the molecule is CCC(O)(CCCCCCCCC1(C)CCCCC1)OC(=O)CCCC(=O)OC(O)(CC)CCCCCCCCC1(C)CCCCC1. The van der Waals surface area contributed by atoms with Gasteiger partial charge in [-0.1, -0.05) is 130 Å². The summed E-state index contributed by atoms with van der Waals surface area (Å²) in [5.74, 6) is -3.86. The molecule has 2 atom stereocenters. The highest BCUT2D eigenvalue weighted by molar-refractivity contribution is 5.73. The molecular weight excluding hydrogens is 588 g/mol. The van der Waals surface area contributed by atoms with Crippen LogP contribution in [0.1, 0.15) is 227 Å². The number of unbranched alkanes of at least 4 members (excludes halogenated alkanes) is 10. The summed E-state index contributed by atoms with van der Waals surface area (Å²) in [7, 11) is 0. The molecule has 2 saturated carbocycles. The van der Waals surface area contributed by atoms with E-state index in [1.54, 1.807) is 0 Å². The summed E-state index contributed by atoms with van der Waals surface area (Å²) in [4.78, 5) is 25.0. The molecule has 0 aromatic heterocycles. The lowest BCUT2D eigenvalue weighted by Gasteiger charge is -2.33. The molecule has 2 rings (SSSR count). The number of esters is 2. The summed E-state index contributed by atoms with van der Waals surface area (Å²) >= 11 is 0. The van der Waals surface area contributed by atoms with Crippen molar-refractivity contribution < 1.29 is 29.3 Å². The van der Waals surface area contributed by atoms with E-state index in [9.17, 15) is 19.8 Å². The molecule has 0 heterocycles. The molecule has 2 unspecified atom stereocenters. The third-order valence-electron chi connectivity index (χ3n) is 11.8. The maximum Gasteiger partial charge on any atom is 0.308 e. The van der Waals surface area contributed by atoms with Gasteiger partial charge in [0.2, 0.25) is 11.6 Å². The second-order valence-corrected chi connectivity index (χ2v) is 16.4. The van der Waals surface area contributed by atoms with Crippen LogP contribution in [0.4, 0.5) is 0 Å². The summed E-state index contributed by atoms with van der Waals surface area (Å²) in [5, 5.41) is 21.7. The van der Waals surface area contributed by atoms with Crippen molar-refractivity contribution in [2.45, 2.75) is 238 Å². The maximum absolute atomic E-state index is 12.5. The molecule has 0 amide bonds. The minimum absolute atomic E-state index is 0.0417. The minimum Gasteiger partial charge on any atom is -0.433 e. The first-order chi connectivity index (χ1) is 22.4. The molecule has 276 valence electrons. The van der Waals surface area contributed by atoms with Gasteiger partial charge in [-0.2, -0.15) is 0 Å². The first-order valence-corrected chi connectivity index (χ1v) is 20.3. The van der Waals surface area contributed by atoms with Gasteiger partial charge in [0.05, 0.1) is 0 Å². The number of rotatable bonds is 26. The van der Waals surface area contributed by atoms with E-state index in [-0.39, 0.29) is 19.3 Å². The van der Waals surface area contributed by atoms with E-state index < -0.39 is 23.5 Å². The standard InChI is InChI=1S/C41H76O6/c1-5-40(44,34-23-13-9-7-11-17-28-38(3)30-19-15-20-31-38)46-36(42)26-25-27-37(43)47-41(45,6-2)35-24-14-10-8-12-18-29-39(4)32-21-16-22-33-39/h44-45H,5-35H2,1-4H3. The van der Waals surface area contributed by atoms with E-state index in [0.29, 0.717) is 36.5 Å². The smallest absolute Gasteiger partial charge is 0.308 e. The fraction of sp³-hybridized carbons (Fsp3) is 0.951. The summed E-state index contributed by atoms with van der Waals surface area (Å²) in [5.41, 5.74) is 1.15. The van der Waals surface area contributed by atoms with Crippen LogP contribution in [0.15, 0.2) is 0 Å². The minimum atomic E-state index is -1.44. The molecular formula is C41H76O6.